The number of thioether (sulfide) groups is 1. The molecule has 5 nitrogen and oxygen atoms in total. The number of esters is 1. The van der Waals surface area contributed by atoms with Gasteiger partial charge in [-0.3, -0.25) is 9.59 Å². The van der Waals surface area contributed by atoms with E-state index in [0.717, 1.165) is 5.69 Å². The standard InChI is InChI=1S/C11H14N2O3S/c1-16-10(15)4-6-13-9(14)7-17-11(13)8-3-2-5-12-8/h2-3,5,11-12H,4,6-7H2,1H3. The van der Waals surface area contributed by atoms with Gasteiger partial charge in [-0.15, -0.1) is 11.8 Å². The van der Waals surface area contributed by atoms with Crippen LogP contribution in [0.25, 0.3) is 0 Å². The van der Waals surface area contributed by atoms with E-state index >= 15 is 0 Å². The van der Waals surface area contributed by atoms with Crippen molar-refractivity contribution < 1.29 is 14.3 Å². The molecule has 1 saturated heterocycles. The molecule has 1 aliphatic heterocycles. The van der Waals surface area contributed by atoms with Crippen molar-refractivity contribution in [2.45, 2.75) is 11.8 Å². The Bertz CT molecular complexity index is 405. The predicted molar refractivity (Wildman–Crippen MR) is 64.3 cm³/mol. The van der Waals surface area contributed by atoms with Crippen LogP contribution in [-0.4, -0.2) is 41.2 Å². The summed E-state index contributed by atoms with van der Waals surface area (Å²) in [7, 11) is 1.35. The number of aromatic nitrogens is 1. The lowest BCUT2D eigenvalue weighted by Crippen LogP contribution is -2.30. The van der Waals surface area contributed by atoms with Gasteiger partial charge in [0, 0.05) is 18.4 Å². The summed E-state index contributed by atoms with van der Waals surface area (Å²) >= 11 is 1.57. The second-order valence-corrected chi connectivity index (χ2v) is 4.77. The number of nitrogens with one attached hydrogen (secondary N) is 1. The van der Waals surface area contributed by atoms with Crippen LogP contribution < -0.4 is 0 Å². The molecular weight excluding hydrogens is 240 g/mol. The van der Waals surface area contributed by atoms with E-state index in [0.29, 0.717) is 12.3 Å². The second-order valence-electron chi connectivity index (χ2n) is 3.70. The van der Waals surface area contributed by atoms with Crippen LogP contribution in [-0.2, 0) is 14.3 Å². The molecule has 1 unspecified atom stereocenters. The van der Waals surface area contributed by atoms with Crippen LogP contribution in [0.15, 0.2) is 18.3 Å². The van der Waals surface area contributed by atoms with Gasteiger partial charge in [0.1, 0.15) is 5.37 Å². The number of aromatic amines is 1. The molecule has 6 heteroatoms. The molecule has 1 N–H and O–H groups in total. The van der Waals surface area contributed by atoms with Crippen LogP contribution in [0, 0.1) is 0 Å². The molecule has 17 heavy (non-hydrogen) atoms. The van der Waals surface area contributed by atoms with Gasteiger partial charge in [0.15, 0.2) is 0 Å². The van der Waals surface area contributed by atoms with Crippen LogP contribution in [0.5, 0.6) is 0 Å². The molecule has 1 aliphatic rings. The largest absolute Gasteiger partial charge is 0.469 e. The van der Waals surface area contributed by atoms with E-state index in [-0.39, 0.29) is 23.7 Å². The Morgan fingerprint density at radius 1 is 1.71 bits per heavy atom. The number of carbonyl (C=O) groups is 2. The molecule has 1 fully saturated rings. The van der Waals surface area contributed by atoms with Gasteiger partial charge in [-0.1, -0.05) is 0 Å². The molecule has 1 aromatic rings. The average molecular weight is 254 g/mol. The fourth-order valence-electron chi connectivity index (χ4n) is 1.77. The maximum absolute atomic E-state index is 11.7. The molecule has 0 bridgehead atoms. The Kier molecular flexibility index (Phi) is 3.73. The molecule has 92 valence electrons. The molecule has 0 radical (unpaired) electrons. The van der Waals surface area contributed by atoms with Crippen LogP contribution in [0.1, 0.15) is 17.5 Å². The first-order valence-corrected chi connectivity index (χ1v) is 6.38. The van der Waals surface area contributed by atoms with Crippen molar-refractivity contribution in [3.8, 4) is 0 Å². The number of ether oxygens (including phenoxy) is 1. The third-order valence-corrected chi connectivity index (χ3v) is 3.88. The third kappa shape index (κ3) is 2.63. The zero-order valence-electron chi connectivity index (χ0n) is 9.51. The van der Waals surface area contributed by atoms with Crippen molar-refractivity contribution in [3.05, 3.63) is 24.0 Å². The lowest BCUT2D eigenvalue weighted by molar-refractivity contribution is -0.141. The van der Waals surface area contributed by atoms with Crippen LogP contribution >= 0.6 is 11.8 Å². The summed E-state index contributed by atoms with van der Waals surface area (Å²) in [6, 6.07) is 3.85. The van der Waals surface area contributed by atoms with Crippen molar-refractivity contribution in [1.82, 2.24) is 9.88 Å². The van der Waals surface area contributed by atoms with Gasteiger partial charge < -0.3 is 14.6 Å². The van der Waals surface area contributed by atoms with Crippen molar-refractivity contribution >= 4 is 23.6 Å². The summed E-state index contributed by atoms with van der Waals surface area (Å²) in [5.41, 5.74) is 0.991. The molecule has 1 amide bonds. The number of hydrogen-bond acceptors (Lipinski definition) is 4. The molecule has 0 aliphatic carbocycles. The summed E-state index contributed by atoms with van der Waals surface area (Å²) in [6.07, 6.45) is 2.07. The Hall–Kier alpha value is -1.43. The minimum Gasteiger partial charge on any atom is -0.469 e. The molecule has 0 saturated carbocycles. The zero-order chi connectivity index (χ0) is 12.3. The summed E-state index contributed by atoms with van der Waals surface area (Å²) in [4.78, 5) is 27.6. The van der Waals surface area contributed by atoms with Crippen molar-refractivity contribution in [2.75, 3.05) is 19.4 Å². The number of amides is 1. The highest BCUT2D eigenvalue weighted by Gasteiger charge is 2.33. The normalized spacial score (nSPS) is 19.7. The first-order chi connectivity index (χ1) is 8.22. The van der Waals surface area contributed by atoms with Gasteiger partial charge in [0.05, 0.1) is 19.3 Å². The molecule has 0 aromatic carbocycles. The van der Waals surface area contributed by atoms with Crippen molar-refractivity contribution in [3.63, 3.8) is 0 Å². The third-order valence-electron chi connectivity index (χ3n) is 2.64. The molecule has 2 heterocycles. The Balaban J connectivity index is 2.02. The topological polar surface area (TPSA) is 62.4 Å². The Labute approximate surface area is 104 Å². The fraction of sp³-hybridized carbons (Fsp3) is 0.455. The monoisotopic (exact) mass is 254 g/mol. The quantitative estimate of drug-likeness (QED) is 0.819. The van der Waals surface area contributed by atoms with Gasteiger partial charge in [-0.05, 0) is 12.1 Å². The van der Waals surface area contributed by atoms with E-state index in [1.807, 2.05) is 18.3 Å². The number of nitrogens with zero attached hydrogens (tertiary/aromatic N) is 1. The molecule has 2 rings (SSSR count). The highest BCUT2D eigenvalue weighted by Crippen LogP contribution is 2.37. The summed E-state index contributed by atoms with van der Waals surface area (Å²) in [5.74, 6) is 0.239. The van der Waals surface area contributed by atoms with E-state index < -0.39 is 0 Å². The maximum atomic E-state index is 11.7. The molecular formula is C11H14N2O3S. The van der Waals surface area contributed by atoms with Crippen LogP contribution in [0.4, 0.5) is 0 Å². The SMILES string of the molecule is COC(=O)CCN1C(=O)CSC1c1ccc[nH]1. The van der Waals surface area contributed by atoms with E-state index in [9.17, 15) is 9.59 Å². The van der Waals surface area contributed by atoms with Gasteiger partial charge >= 0.3 is 5.97 Å². The number of hydrogen-bond donors (Lipinski definition) is 1. The lowest BCUT2D eigenvalue weighted by atomic mass is 10.3. The van der Waals surface area contributed by atoms with Gasteiger partial charge in [0.2, 0.25) is 5.91 Å². The smallest absolute Gasteiger partial charge is 0.307 e. The van der Waals surface area contributed by atoms with Crippen LogP contribution in [0.3, 0.4) is 0 Å². The minimum atomic E-state index is -0.292. The Morgan fingerprint density at radius 2 is 2.53 bits per heavy atom. The van der Waals surface area contributed by atoms with E-state index in [4.69, 9.17) is 0 Å². The Morgan fingerprint density at radius 3 is 3.18 bits per heavy atom. The predicted octanol–water partition coefficient (Wildman–Crippen LogP) is 1.15. The minimum absolute atomic E-state index is 0.0119. The second kappa shape index (κ2) is 5.27. The van der Waals surface area contributed by atoms with Crippen molar-refractivity contribution in [2.24, 2.45) is 0 Å². The lowest BCUT2D eigenvalue weighted by Gasteiger charge is -2.22. The van der Waals surface area contributed by atoms with E-state index in [1.165, 1.54) is 7.11 Å². The zero-order valence-corrected chi connectivity index (χ0v) is 10.3. The van der Waals surface area contributed by atoms with E-state index in [2.05, 4.69) is 9.72 Å². The number of H-pyrrole nitrogens is 1. The number of carbonyl (C=O) groups excluding carboxylic acids is 2. The molecule has 1 aromatic heterocycles. The van der Waals surface area contributed by atoms with Crippen molar-refractivity contribution in [1.29, 1.82) is 0 Å². The maximum Gasteiger partial charge on any atom is 0.307 e. The molecule has 0 spiro atoms. The first kappa shape index (κ1) is 12.0. The van der Waals surface area contributed by atoms with Gasteiger partial charge in [-0.2, -0.15) is 0 Å². The summed E-state index contributed by atoms with van der Waals surface area (Å²) in [5, 5.41) is -0.0119. The summed E-state index contributed by atoms with van der Waals surface area (Å²) < 4.78 is 4.58. The first-order valence-electron chi connectivity index (χ1n) is 5.33. The van der Waals surface area contributed by atoms with Crippen LogP contribution in [0.2, 0.25) is 0 Å². The molecule has 1 atom stereocenters. The number of methoxy groups -OCH3 is 1. The average Bonchev–Trinajstić information content (AvgIpc) is 2.95. The highest BCUT2D eigenvalue weighted by atomic mass is 32.2. The highest BCUT2D eigenvalue weighted by molar-refractivity contribution is 8.00. The summed E-state index contributed by atoms with van der Waals surface area (Å²) in [6.45, 7) is 0.405. The fourth-order valence-corrected chi connectivity index (χ4v) is 2.96. The van der Waals surface area contributed by atoms with Gasteiger partial charge in [0.25, 0.3) is 0 Å². The van der Waals surface area contributed by atoms with E-state index in [1.54, 1.807) is 16.7 Å². The number of rotatable bonds is 4. The van der Waals surface area contributed by atoms with Gasteiger partial charge in [-0.25, -0.2) is 0 Å².